The lowest BCUT2D eigenvalue weighted by atomic mass is 10.1. The lowest BCUT2D eigenvalue weighted by molar-refractivity contribution is -0.0677. The molecule has 12 nitrogen and oxygen atoms in total. The monoisotopic (exact) mass is 395 g/mol. The Hall–Kier alpha value is -3.35. The molecule has 1 aromatic heterocycles. The average molecular weight is 395 g/mol. The summed E-state index contributed by atoms with van der Waals surface area (Å²) in [6.07, 6.45) is -2.85. The molecule has 1 saturated heterocycles. The second-order valence-corrected chi connectivity index (χ2v) is 6.00. The minimum absolute atomic E-state index is 0.221. The van der Waals surface area contributed by atoms with E-state index < -0.39 is 53.0 Å². The van der Waals surface area contributed by atoms with Crippen molar-refractivity contribution in [1.29, 1.82) is 0 Å². The highest BCUT2D eigenvalue weighted by atomic mass is 16.6. The molecule has 0 bridgehead atoms. The van der Waals surface area contributed by atoms with Crippen LogP contribution in [0, 0.1) is 0 Å². The molecule has 150 valence electrons. The number of phenols is 3. The fourth-order valence-electron chi connectivity index (χ4n) is 2.64. The van der Waals surface area contributed by atoms with E-state index in [1.807, 2.05) is 4.98 Å². The number of ether oxygens (including phenoxy) is 1. The van der Waals surface area contributed by atoms with Gasteiger partial charge in [0.1, 0.15) is 24.9 Å². The third-order valence-electron chi connectivity index (χ3n) is 4.07. The van der Waals surface area contributed by atoms with Gasteiger partial charge in [0.05, 0.1) is 6.21 Å². The number of hydrogen-bond donors (Lipinski definition) is 6. The lowest BCUT2D eigenvalue weighted by Gasteiger charge is -2.16. The smallest absolute Gasteiger partial charge is 0.330 e. The zero-order valence-electron chi connectivity index (χ0n) is 14.2. The minimum Gasteiger partial charge on any atom is -0.504 e. The zero-order chi connectivity index (χ0) is 20.4. The number of aromatic amines is 1. The molecule has 1 aromatic carbocycles. The van der Waals surface area contributed by atoms with Gasteiger partial charge in [-0.1, -0.05) is 5.16 Å². The molecule has 4 atom stereocenters. The molecule has 1 aliphatic rings. The molecule has 0 spiro atoms. The molecular formula is C16H17N3O9. The molecular weight excluding hydrogens is 378 g/mol. The first kappa shape index (κ1) is 19.4. The highest BCUT2D eigenvalue weighted by Crippen LogP contribution is 2.34. The maximum atomic E-state index is 11.8. The third-order valence-corrected chi connectivity index (χ3v) is 4.07. The number of benzene rings is 1. The Morgan fingerprint density at radius 1 is 1.18 bits per heavy atom. The Morgan fingerprint density at radius 3 is 2.50 bits per heavy atom. The molecule has 2 aromatic rings. The molecule has 2 heterocycles. The number of phenolic OH excluding ortho intramolecular Hbond substituents is 3. The third kappa shape index (κ3) is 3.83. The highest BCUT2D eigenvalue weighted by molar-refractivity contribution is 5.81. The molecule has 0 unspecified atom stereocenters. The second kappa shape index (κ2) is 7.72. The van der Waals surface area contributed by atoms with Crippen LogP contribution in [-0.4, -0.2) is 66.2 Å². The van der Waals surface area contributed by atoms with Gasteiger partial charge < -0.3 is 35.1 Å². The Balaban J connectivity index is 1.64. The van der Waals surface area contributed by atoms with Crippen molar-refractivity contribution in [3.05, 3.63) is 50.8 Å². The van der Waals surface area contributed by atoms with Crippen LogP contribution in [0.4, 0.5) is 0 Å². The molecule has 6 N–H and O–H groups in total. The van der Waals surface area contributed by atoms with Crippen molar-refractivity contribution >= 4 is 6.21 Å². The van der Waals surface area contributed by atoms with E-state index in [1.165, 1.54) is 0 Å². The maximum Gasteiger partial charge on any atom is 0.330 e. The fourth-order valence-corrected chi connectivity index (χ4v) is 2.64. The summed E-state index contributed by atoms with van der Waals surface area (Å²) in [7, 11) is 0. The van der Waals surface area contributed by atoms with E-state index in [0.717, 1.165) is 35.2 Å². The van der Waals surface area contributed by atoms with Crippen LogP contribution in [0.25, 0.3) is 0 Å². The van der Waals surface area contributed by atoms with E-state index in [4.69, 9.17) is 9.57 Å². The zero-order valence-corrected chi connectivity index (χ0v) is 14.2. The molecule has 0 saturated carbocycles. The van der Waals surface area contributed by atoms with Crippen LogP contribution in [0.15, 0.2) is 39.1 Å². The van der Waals surface area contributed by atoms with Crippen LogP contribution in [0.5, 0.6) is 17.2 Å². The topological polar surface area (TPSA) is 187 Å². The molecule has 12 heteroatoms. The molecule has 1 fully saturated rings. The maximum absolute atomic E-state index is 11.8. The summed E-state index contributed by atoms with van der Waals surface area (Å²) in [6, 6.07) is 3.33. The quantitative estimate of drug-likeness (QED) is 0.195. The lowest BCUT2D eigenvalue weighted by Crippen LogP contribution is -2.37. The second-order valence-electron chi connectivity index (χ2n) is 6.00. The molecule has 0 aliphatic carbocycles. The van der Waals surface area contributed by atoms with Crippen molar-refractivity contribution in [3.8, 4) is 17.2 Å². The van der Waals surface area contributed by atoms with Gasteiger partial charge in [-0.25, -0.2) is 4.79 Å². The number of H-pyrrole nitrogens is 1. The normalized spacial score (nSPS) is 24.6. The standard InChI is InChI=1S/C16H17N3O9/c20-8-3-7(4-9(21)12(8)23)5-17-27-6-10-13(24)14(25)15(28-10)19-2-1-11(22)18-16(19)26/h1-5,10,13-15,20-21,23-25H,6H2,(H,18,22,26)/b17-5+/t10-,13-,14-,15-/m1/s1. The number of nitrogens with zero attached hydrogens (tertiary/aromatic N) is 2. The van der Waals surface area contributed by atoms with Crippen molar-refractivity contribution in [2.45, 2.75) is 24.5 Å². The van der Waals surface area contributed by atoms with Crippen molar-refractivity contribution in [3.63, 3.8) is 0 Å². The number of oxime groups is 1. The summed E-state index contributed by atoms with van der Waals surface area (Å²) < 4.78 is 6.36. The Labute approximate surface area is 156 Å². The largest absolute Gasteiger partial charge is 0.504 e. The van der Waals surface area contributed by atoms with Crippen molar-refractivity contribution in [2.24, 2.45) is 5.16 Å². The number of aromatic nitrogens is 2. The highest BCUT2D eigenvalue weighted by Gasteiger charge is 2.44. The first-order valence-corrected chi connectivity index (χ1v) is 8.01. The van der Waals surface area contributed by atoms with Crippen molar-refractivity contribution in [2.75, 3.05) is 6.61 Å². The number of aliphatic hydroxyl groups is 2. The Morgan fingerprint density at radius 2 is 1.86 bits per heavy atom. The van der Waals surface area contributed by atoms with Gasteiger partial charge in [-0.05, 0) is 12.1 Å². The summed E-state index contributed by atoms with van der Waals surface area (Å²) >= 11 is 0. The summed E-state index contributed by atoms with van der Waals surface area (Å²) in [5.74, 6) is -1.76. The molecule has 0 amide bonds. The predicted octanol–water partition coefficient (Wildman–Crippen LogP) is -1.68. The Kier molecular flexibility index (Phi) is 5.35. The average Bonchev–Trinajstić information content (AvgIpc) is 2.91. The van der Waals surface area contributed by atoms with Gasteiger partial charge in [-0.3, -0.25) is 14.3 Å². The summed E-state index contributed by atoms with van der Waals surface area (Å²) in [6.45, 7) is -0.292. The molecule has 28 heavy (non-hydrogen) atoms. The van der Waals surface area contributed by atoms with Gasteiger partial charge in [-0.2, -0.15) is 0 Å². The summed E-state index contributed by atoms with van der Waals surface area (Å²) in [4.78, 5) is 29.9. The predicted molar refractivity (Wildman–Crippen MR) is 92.2 cm³/mol. The van der Waals surface area contributed by atoms with E-state index in [1.54, 1.807) is 0 Å². The molecule has 3 rings (SSSR count). The van der Waals surface area contributed by atoms with Crippen molar-refractivity contribution in [1.82, 2.24) is 9.55 Å². The minimum atomic E-state index is -1.45. The van der Waals surface area contributed by atoms with E-state index in [0.29, 0.717) is 0 Å². The summed E-state index contributed by atoms with van der Waals surface area (Å²) in [5.41, 5.74) is -1.21. The number of aromatic hydroxyl groups is 3. The SMILES string of the molecule is O=c1ccn([C@@H]2O[C@H](CO/N=C/c3cc(O)c(O)c(O)c3)[C@@H](O)[C@H]2O)c(=O)[nH]1. The van der Waals surface area contributed by atoms with Crippen molar-refractivity contribution < 1.29 is 35.1 Å². The van der Waals surface area contributed by atoms with Gasteiger partial charge in [0.2, 0.25) is 0 Å². The van der Waals surface area contributed by atoms with Gasteiger partial charge in [-0.15, -0.1) is 0 Å². The van der Waals surface area contributed by atoms with E-state index in [2.05, 4.69) is 5.16 Å². The van der Waals surface area contributed by atoms with Crippen LogP contribution in [0.1, 0.15) is 11.8 Å². The van der Waals surface area contributed by atoms with Gasteiger partial charge >= 0.3 is 5.69 Å². The van der Waals surface area contributed by atoms with Crippen LogP contribution >= 0.6 is 0 Å². The molecule has 0 radical (unpaired) electrons. The molecule has 1 aliphatic heterocycles. The van der Waals surface area contributed by atoms with Gasteiger partial charge in [0.25, 0.3) is 5.56 Å². The number of aliphatic hydroxyl groups excluding tert-OH is 2. The van der Waals surface area contributed by atoms with Gasteiger partial charge in [0.15, 0.2) is 23.5 Å². The first-order chi connectivity index (χ1) is 13.3. The van der Waals surface area contributed by atoms with Crippen LogP contribution in [0.3, 0.4) is 0 Å². The number of rotatable bonds is 5. The van der Waals surface area contributed by atoms with E-state index in [-0.39, 0.29) is 12.2 Å². The van der Waals surface area contributed by atoms with Crippen LogP contribution in [0.2, 0.25) is 0 Å². The van der Waals surface area contributed by atoms with E-state index >= 15 is 0 Å². The van der Waals surface area contributed by atoms with Crippen LogP contribution in [-0.2, 0) is 9.57 Å². The fraction of sp³-hybridized carbons (Fsp3) is 0.312. The number of hydrogen-bond acceptors (Lipinski definition) is 10. The van der Waals surface area contributed by atoms with Gasteiger partial charge in [0, 0.05) is 17.8 Å². The number of nitrogens with one attached hydrogen (secondary N) is 1. The van der Waals surface area contributed by atoms with E-state index in [9.17, 15) is 35.1 Å². The first-order valence-electron chi connectivity index (χ1n) is 8.01. The van der Waals surface area contributed by atoms with Crippen LogP contribution < -0.4 is 11.2 Å². The summed E-state index contributed by atoms with van der Waals surface area (Å²) in [5, 5.41) is 51.8. The Bertz CT molecular complexity index is 976.